The van der Waals surface area contributed by atoms with Crippen molar-refractivity contribution in [1.82, 2.24) is 15.5 Å². The van der Waals surface area contributed by atoms with Crippen LogP contribution in [-0.2, 0) is 10.2 Å². The minimum absolute atomic E-state index is 0.0579. The Kier molecular flexibility index (Phi) is 7.38. The monoisotopic (exact) mass is 559 g/mol. The molecule has 0 spiro atoms. The molecule has 1 amide bonds. The first-order valence-electron chi connectivity index (χ1n) is 11.5. The molecule has 1 aromatic heterocycles. The van der Waals surface area contributed by atoms with Crippen LogP contribution in [0.2, 0.25) is 0 Å². The predicted molar refractivity (Wildman–Crippen MR) is 140 cm³/mol. The Morgan fingerprint density at radius 1 is 0.914 bits per heavy atom. The standard InChI is InChI=1S/C26H30BrN3O4S/c1-25(2,3)28-23(31)33-21-14-20(15-21)32-18-10-6-16(7-11-18)26(4,5)17-8-12-19(13-9-17)34-24-30-29-22(27)35-24/h6-13,20-21H,14-15H2,1-5H3,(H,28,31). The molecule has 1 N–H and O–H groups in total. The summed E-state index contributed by atoms with van der Waals surface area (Å²) in [6.07, 6.45) is 0.990. The van der Waals surface area contributed by atoms with Crippen LogP contribution in [0.5, 0.6) is 16.7 Å². The number of carbonyl (C=O) groups is 1. The molecule has 35 heavy (non-hydrogen) atoms. The molecule has 1 aliphatic rings. The zero-order valence-corrected chi connectivity index (χ0v) is 22.9. The van der Waals surface area contributed by atoms with E-state index in [0.29, 0.717) is 22.0 Å². The van der Waals surface area contributed by atoms with Gasteiger partial charge in [0.2, 0.25) is 0 Å². The summed E-state index contributed by atoms with van der Waals surface area (Å²) in [5.41, 5.74) is 1.85. The summed E-state index contributed by atoms with van der Waals surface area (Å²) < 4.78 is 18.0. The fourth-order valence-electron chi connectivity index (χ4n) is 3.78. The van der Waals surface area contributed by atoms with Crippen molar-refractivity contribution in [3.63, 3.8) is 0 Å². The van der Waals surface area contributed by atoms with Gasteiger partial charge in [-0.25, -0.2) is 4.79 Å². The van der Waals surface area contributed by atoms with E-state index in [1.807, 2.05) is 45.0 Å². The molecule has 0 bridgehead atoms. The maximum Gasteiger partial charge on any atom is 0.407 e. The van der Waals surface area contributed by atoms with Crippen LogP contribution in [0.25, 0.3) is 0 Å². The highest BCUT2D eigenvalue weighted by Gasteiger charge is 2.34. The third-order valence-corrected chi connectivity index (χ3v) is 7.08. The summed E-state index contributed by atoms with van der Waals surface area (Å²) in [5.74, 6) is 1.54. The van der Waals surface area contributed by atoms with Crippen LogP contribution in [0, 0.1) is 0 Å². The average Bonchev–Trinajstić information content (AvgIpc) is 3.16. The van der Waals surface area contributed by atoms with E-state index in [2.05, 4.69) is 69.6 Å². The van der Waals surface area contributed by atoms with Crippen LogP contribution < -0.4 is 14.8 Å². The zero-order valence-electron chi connectivity index (χ0n) is 20.5. The number of amides is 1. The van der Waals surface area contributed by atoms with Gasteiger partial charge in [0.15, 0.2) is 3.92 Å². The quantitative estimate of drug-likeness (QED) is 0.340. The second-order valence-electron chi connectivity index (χ2n) is 10.2. The maximum absolute atomic E-state index is 11.9. The van der Waals surface area contributed by atoms with E-state index in [9.17, 15) is 4.79 Å². The average molecular weight is 561 g/mol. The van der Waals surface area contributed by atoms with Gasteiger partial charge in [-0.05, 0) is 83.4 Å². The number of halogens is 1. The number of alkyl carbamates (subject to hydrolysis) is 1. The molecule has 0 radical (unpaired) electrons. The third kappa shape index (κ3) is 6.73. The van der Waals surface area contributed by atoms with E-state index in [1.165, 1.54) is 22.5 Å². The van der Waals surface area contributed by atoms with Gasteiger partial charge in [-0.15, -0.1) is 5.10 Å². The smallest absolute Gasteiger partial charge is 0.407 e. The first kappa shape index (κ1) is 25.4. The van der Waals surface area contributed by atoms with Gasteiger partial charge in [-0.3, -0.25) is 0 Å². The van der Waals surface area contributed by atoms with Crippen LogP contribution in [0.1, 0.15) is 58.6 Å². The van der Waals surface area contributed by atoms with E-state index in [0.717, 1.165) is 11.5 Å². The lowest BCUT2D eigenvalue weighted by atomic mass is 9.78. The lowest BCUT2D eigenvalue weighted by molar-refractivity contribution is -0.0243. The molecule has 4 rings (SSSR count). The number of aromatic nitrogens is 2. The van der Waals surface area contributed by atoms with Gasteiger partial charge in [0.25, 0.3) is 5.19 Å². The third-order valence-electron chi connectivity index (χ3n) is 5.84. The number of nitrogens with zero attached hydrogens (tertiary/aromatic N) is 2. The number of hydrogen-bond donors (Lipinski definition) is 1. The van der Waals surface area contributed by atoms with Crippen LogP contribution in [-0.4, -0.2) is 34.0 Å². The molecule has 186 valence electrons. The van der Waals surface area contributed by atoms with E-state index in [4.69, 9.17) is 14.2 Å². The van der Waals surface area contributed by atoms with Gasteiger partial charge in [-0.1, -0.05) is 43.2 Å². The maximum atomic E-state index is 11.9. The first-order chi connectivity index (χ1) is 16.5. The molecule has 9 heteroatoms. The molecule has 3 aromatic rings. The molecule has 1 aliphatic carbocycles. The second-order valence-corrected chi connectivity index (χ2v) is 12.4. The van der Waals surface area contributed by atoms with Crippen LogP contribution >= 0.6 is 27.3 Å². The summed E-state index contributed by atoms with van der Waals surface area (Å²) in [6, 6.07) is 16.2. The fraction of sp³-hybridized carbons (Fsp3) is 0.423. The first-order valence-corrected chi connectivity index (χ1v) is 13.1. The van der Waals surface area contributed by atoms with Crippen molar-refractivity contribution >= 4 is 33.4 Å². The number of carbonyl (C=O) groups excluding carboxylic acids is 1. The van der Waals surface area contributed by atoms with E-state index < -0.39 is 0 Å². The number of nitrogens with one attached hydrogen (secondary N) is 1. The molecule has 2 aromatic carbocycles. The highest BCUT2D eigenvalue weighted by atomic mass is 79.9. The molecule has 1 fully saturated rings. The summed E-state index contributed by atoms with van der Waals surface area (Å²) in [5, 5.41) is 11.2. The second kappa shape index (κ2) is 10.1. The number of rotatable bonds is 7. The molecule has 0 aliphatic heterocycles. The highest BCUT2D eigenvalue weighted by Crippen LogP contribution is 2.35. The van der Waals surface area contributed by atoms with E-state index >= 15 is 0 Å². The van der Waals surface area contributed by atoms with Crippen molar-refractivity contribution in [1.29, 1.82) is 0 Å². The van der Waals surface area contributed by atoms with Gasteiger partial charge in [0.05, 0.1) is 0 Å². The highest BCUT2D eigenvalue weighted by molar-refractivity contribution is 9.11. The van der Waals surface area contributed by atoms with Crippen LogP contribution in [0.4, 0.5) is 4.79 Å². The van der Waals surface area contributed by atoms with Crippen molar-refractivity contribution in [2.45, 2.75) is 70.6 Å². The molecule has 1 heterocycles. The lowest BCUT2D eigenvalue weighted by Crippen LogP contribution is -2.46. The minimum Gasteiger partial charge on any atom is -0.490 e. The van der Waals surface area contributed by atoms with Crippen molar-refractivity contribution in [3.8, 4) is 16.7 Å². The molecule has 0 saturated heterocycles. The molecular weight excluding hydrogens is 530 g/mol. The number of benzene rings is 2. The molecule has 7 nitrogen and oxygen atoms in total. The van der Waals surface area contributed by atoms with Gasteiger partial charge >= 0.3 is 6.09 Å². The molecule has 0 atom stereocenters. The summed E-state index contributed by atoms with van der Waals surface area (Å²) in [7, 11) is 0. The van der Waals surface area contributed by atoms with Gasteiger partial charge in [-0.2, -0.15) is 0 Å². The van der Waals surface area contributed by atoms with E-state index in [-0.39, 0.29) is 29.3 Å². The number of ether oxygens (including phenoxy) is 3. The Labute approximate surface area is 218 Å². The van der Waals surface area contributed by atoms with Crippen LogP contribution in [0.15, 0.2) is 52.4 Å². The fourth-order valence-corrected chi connectivity index (χ4v) is 4.72. The summed E-state index contributed by atoms with van der Waals surface area (Å²) >= 11 is 4.63. The summed E-state index contributed by atoms with van der Waals surface area (Å²) in [4.78, 5) is 11.9. The molecule has 0 unspecified atom stereocenters. The Balaban J connectivity index is 1.30. The minimum atomic E-state index is -0.375. The van der Waals surface area contributed by atoms with Gasteiger partial charge in [0.1, 0.15) is 23.7 Å². The largest absolute Gasteiger partial charge is 0.490 e. The van der Waals surface area contributed by atoms with Crippen molar-refractivity contribution in [2.24, 2.45) is 0 Å². The molecule has 1 saturated carbocycles. The van der Waals surface area contributed by atoms with Gasteiger partial charge < -0.3 is 19.5 Å². The normalized spacial score (nSPS) is 17.9. The van der Waals surface area contributed by atoms with Gasteiger partial charge in [0, 0.05) is 23.8 Å². The topological polar surface area (TPSA) is 82.6 Å². The Morgan fingerprint density at radius 2 is 1.49 bits per heavy atom. The predicted octanol–water partition coefficient (Wildman–Crippen LogP) is 6.85. The Morgan fingerprint density at radius 3 is 2.00 bits per heavy atom. The van der Waals surface area contributed by atoms with E-state index in [1.54, 1.807) is 0 Å². The Bertz CT molecular complexity index is 1150. The van der Waals surface area contributed by atoms with Crippen LogP contribution in [0.3, 0.4) is 0 Å². The van der Waals surface area contributed by atoms with Crippen molar-refractivity contribution in [2.75, 3.05) is 0 Å². The lowest BCUT2D eigenvalue weighted by Gasteiger charge is -2.35. The summed E-state index contributed by atoms with van der Waals surface area (Å²) in [6.45, 7) is 10.2. The van der Waals surface area contributed by atoms with Crippen molar-refractivity contribution in [3.05, 3.63) is 63.6 Å². The SMILES string of the molecule is CC(C)(C)NC(=O)OC1CC(Oc2ccc(C(C)(C)c3ccc(Oc4nnc(Br)s4)cc3)cc2)C1. The number of hydrogen-bond acceptors (Lipinski definition) is 7. The zero-order chi connectivity index (χ0) is 25.2. The Hall–Kier alpha value is -2.65. The molecular formula is C26H30BrN3O4S. The van der Waals surface area contributed by atoms with Crippen molar-refractivity contribution < 1.29 is 19.0 Å².